The monoisotopic (exact) mass is 520 g/mol. The molecule has 10 heteroatoms. The fourth-order valence-corrected chi connectivity index (χ4v) is 6.86. The Kier molecular flexibility index (Phi) is 8.12. The molecule has 6 saturated heterocycles. The standard InChI is InChI=1S/C14H21NO4.C13H19NO4/c1-9(15-2)6-10-4-5-12-14(19-10)7-11(18-12)13(16-3)17-8-14;1-8(14-2)5-9-3-4-11-13(18-9)6-10(17-11)12(15)16-7-13/h9-13H,4-8H2,1,3H3;8-12,15H,3-7H2,1H3/t9-,10?,11-,12+,13-,14-;8-,9?,10-,11+,12-,13-/m11/s1. The number of aliphatic hydroxyl groups is 1. The maximum absolute atomic E-state index is 9.65. The van der Waals surface area contributed by atoms with E-state index in [-0.39, 0.29) is 66.2 Å². The van der Waals surface area contributed by atoms with Gasteiger partial charge < -0.3 is 48.0 Å². The van der Waals surface area contributed by atoms with Gasteiger partial charge in [-0.15, -0.1) is 0 Å². The second-order valence-corrected chi connectivity index (χ2v) is 11.5. The molecule has 0 radical (unpaired) electrons. The van der Waals surface area contributed by atoms with Crippen LogP contribution in [0.3, 0.4) is 0 Å². The highest BCUT2D eigenvalue weighted by Crippen LogP contribution is 2.48. The van der Waals surface area contributed by atoms with Crippen LogP contribution in [-0.2, 0) is 33.2 Å². The first-order valence-electron chi connectivity index (χ1n) is 13.6. The molecule has 0 aliphatic carbocycles. The van der Waals surface area contributed by atoms with Crippen molar-refractivity contribution in [2.75, 3.05) is 20.3 Å². The fourth-order valence-electron chi connectivity index (χ4n) is 6.86. The lowest BCUT2D eigenvalue weighted by Gasteiger charge is -2.43. The van der Waals surface area contributed by atoms with Crippen LogP contribution in [0, 0.1) is 13.1 Å². The van der Waals surface area contributed by atoms with Crippen LogP contribution in [0.2, 0.25) is 0 Å². The van der Waals surface area contributed by atoms with E-state index in [0.29, 0.717) is 19.6 Å². The molecule has 4 bridgehead atoms. The minimum absolute atomic E-state index is 0.00355. The van der Waals surface area contributed by atoms with E-state index in [1.165, 1.54) is 0 Å². The van der Waals surface area contributed by atoms with E-state index in [2.05, 4.69) is 9.69 Å². The topological polar surface area (TPSA) is 93.6 Å². The number of aliphatic hydroxyl groups excluding tert-OH is 1. The first-order valence-corrected chi connectivity index (χ1v) is 13.6. The van der Waals surface area contributed by atoms with Gasteiger partial charge in [0.1, 0.15) is 23.4 Å². The zero-order valence-electron chi connectivity index (χ0n) is 22.0. The van der Waals surface area contributed by atoms with E-state index < -0.39 is 6.29 Å². The molecule has 6 aliphatic heterocycles. The van der Waals surface area contributed by atoms with Gasteiger partial charge in [0.2, 0.25) is 12.1 Å². The van der Waals surface area contributed by atoms with Crippen LogP contribution in [0.15, 0.2) is 0 Å². The van der Waals surface area contributed by atoms with Gasteiger partial charge >= 0.3 is 0 Å². The molecule has 37 heavy (non-hydrogen) atoms. The van der Waals surface area contributed by atoms with Crippen molar-refractivity contribution in [3.63, 3.8) is 0 Å². The molecule has 6 heterocycles. The third-order valence-electron chi connectivity index (χ3n) is 8.74. The van der Waals surface area contributed by atoms with Crippen molar-refractivity contribution in [3.8, 4) is 0 Å². The lowest BCUT2D eigenvalue weighted by atomic mass is 9.85. The molecule has 10 nitrogen and oxygen atoms in total. The summed E-state index contributed by atoms with van der Waals surface area (Å²) in [7, 11) is 1.65. The molecule has 0 aromatic heterocycles. The largest absolute Gasteiger partial charge is 0.366 e. The van der Waals surface area contributed by atoms with E-state index in [4.69, 9.17) is 46.3 Å². The predicted molar refractivity (Wildman–Crippen MR) is 130 cm³/mol. The highest BCUT2D eigenvalue weighted by atomic mass is 16.7. The maximum atomic E-state index is 9.65. The number of methoxy groups -OCH3 is 1. The van der Waals surface area contributed by atoms with E-state index in [9.17, 15) is 5.11 Å². The number of ether oxygens (including phenoxy) is 7. The Hall–Kier alpha value is -1.34. The van der Waals surface area contributed by atoms with Crippen LogP contribution < -0.4 is 0 Å². The molecule has 206 valence electrons. The molecular weight excluding hydrogens is 480 g/mol. The highest BCUT2D eigenvalue weighted by Gasteiger charge is 2.59. The summed E-state index contributed by atoms with van der Waals surface area (Å²) in [5.41, 5.74) is -0.682. The molecule has 6 fully saturated rings. The van der Waals surface area contributed by atoms with Gasteiger partial charge in [0.05, 0.1) is 37.6 Å². The first-order chi connectivity index (χ1) is 17.8. The minimum atomic E-state index is -0.814. The van der Waals surface area contributed by atoms with E-state index >= 15 is 0 Å². The van der Waals surface area contributed by atoms with Gasteiger partial charge in [0.25, 0.3) is 0 Å². The third-order valence-corrected chi connectivity index (χ3v) is 8.74. The van der Waals surface area contributed by atoms with Crippen molar-refractivity contribution in [2.45, 2.75) is 138 Å². The summed E-state index contributed by atoms with van der Waals surface area (Å²) >= 11 is 0. The van der Waals surface area contributed by atoms with Gasteiger partial charge in [-0.25, -0.2) is 13.1 Å². The molecule has 0 amide bonds. The van der Waals surface area contributed by atoms with Gasteiger partial charge in [-0.2, -0.15) is 0 Å². The van der Waals surface area contributed by atoms with Crippen LogP contribution in [0.25, 0.3) is 9.69 Å². The minimum Gasteiger partial charge on any atom is -0.366 e. The van der Waals surface area contributed by atoms with Crippen molar-refractivity contribution in [1.29, 1.82) is 0 Å². The summed E-state index contributed by atoms with van der Waals surface area (Å²) in [5, 5.41) is 9.65. The number of hydrogen-bond donors (Lipinski definition) is 1. The summed E-state index contributed by atoms with van der Waals surface area (Å²) in [6.45, 7) is 18.9. The highest BCUT2D eigenvalue weighted by molar-refractivity contribution is 5.06. The number of nitrogens with zero attached hydrogens (tertiary/aromatic N) is 2. The van der Waals surface area contributed by atoms with Crippen LogP contribution in [0.1, 0.15) is 65.2 Å². The Morgan fingerprint density at radius 1 is 0.838 bits per heavy atom. The van der Waals surface area contributed by atoms with Crippen molar-refractivity contribution in [2.24, 2.45) is 0 Å². The molecule has 1 N–H and O–H groups in total. The molecule has 0 saturated carbocycles. The molecule has 2 unspecified atom stereocenters. The average molecular weight is 521 g/mol. The quantitative estimate of drug-likeness (QED) is 0.554. The summed E-state index contributed by atoms with van der Waals surface area (Å²) in [6.07, 6.45) is 6.04. The Morgan fingerprint density at radius 2 is 1.35 bits per heavy atom. The Balaban J connectivity index is 0.000000152. The van der Waals surface area contributed by atoms with Crippen LogP contribution in [0.5, 0.6) is 0 Å². The van der Waals surface area contributed by atoms with Crippen molar-refractivity contribution >= 4 is 0 Å². The summed E-state index contributed by atoms with van der Waals surface area (Å²) in [5.74, 6) is 0. The van der Waals surface area contributed by atoms with Crippen LogP contribution >= 0.6 is 0 Å². The summed E-state index contributed by atoms with van der Waals surface area (Å²) in [6, 6.07) is 0.0171. The van der Waals surface area contributed by atoms with Crippen molar-refractivity contribution in [1.82, 2.24) is 0 Å². The van der Waals surface area contributed by atoms with Crippen molar-refractivity contribution in [3.05, 3.63) is 22.8 Å². The number of rotatable bonds is 5. The zero-order valence-corrected chi connectivity index (χ0v) is 22.0. The summed E-state index contributed by atoms with van der Waals surface area (Å²) < 4.78 is 40.7. The zero-order chi connectivity index (χ0) is 26.2. The lowest BCUT2D eigenvalue weighted by Crippen LogP contribution is -2.54. The maximum Gasteiger partial charge on any atom is 0.223 e. The Labute approximate surface area is 219 Å². The van der Waals surface area contributed by atoms with E-state index in [1.807, 2.05) is 13.8 Å². The second kappa shape index (κ2) is 11.0. The molecular formula is C27H40N2O8. The van der Waals surface area contributed by atoms with Gasteiger partial charge in [-0.3, -0.25) is 0 Å². The Morgan fingerprint density at radius 3 is 1.89 bits per heavy atom. The molecule has 0 aromatic rings. The number of fused-ring (bicyclic) bond motifs is 2. The normalized spacial score (nSPS) is 47.3. The molecule has 12 atom stereocenters. The van der Waals surface area contributed by atoms with Crippen LogP contribution in [0.4, 0.5) is 0 Å². The third kappa shape index (κ3) is 5.41. The average Bonchev–Trinajstić information content (AvgIpc) is 3.38. The molecule has 6 aliphatic rings. The van der Waals surface area contributed by atoms with E-state index in [1.54, 1.807) is 7.11 Å². The van der Waals surface area contributed by atoms with Gasteiger partial charge in [-0.1, -0.05) is 0 Å². The van der Waals surface area contributed by atoms with Crippen LogP contribution in [-0.4, -0.2) is 97.9 Å². The Bertz CT molecular complexity index is 893. The molecule has 0 aromatic carbocycles. The van der Waals surface area contributed by atoms with E-state index in [0.717, 1.165) is 44.9 Å². The number of hydrogen-bond acceptors (Lipinski definition) is 8. The summed E-state index contributed by atoms with van der Waals surface area (Å²) in [4.78, 5) is 7.08. The van der Waals surface area contributed by atoms with Gasteiger partial charge in [-0.05, 0) is 25.7 Å². The van der Waals surface area contributed by atoms with Gasteiger partial charge in [0.15, 0.2) is 12.6 Å². The van der Waals surface area contributed by atoms with Crippen molar-refractivity contribution < 1.29 is 38.3 Å². The predicted octanol–water partition coefficient (Wildman–Crippen LogP) is 2.87. The van der Waals surface area contributed by atoms with Gasteiger partial charge in [0, 0.05) is 46.6 Å². The first kappa shape index (κ1) is 27.2. The lowest BCUT2D eigenvalue weighted by molar-refractivity contribution is -0.231. The second-order valence-electron chi connectivity index (χ2n) is 11.5. The SMILES string of the molecule is [C-]#[N+][C@H](C)CC1CC[C@@H]2O[C@@H]3C[C@]2(CO[C@H]3O)O1.[C-]#[N+][C@H](C)CC1CC[C@@H]2O[C@@H]3C[C@]2(CO[C@H]3OC)O1. The molecule has 2 spiro atoms. The molecule has 6 rings (SSSR count). The fraction of sp³-hybridized carbons (Fsp3) is 0.926. The smallest absolute Gasteiger partial charge is 0.223 e.